The van der Waals surface area contributed by atoms with Crippen molar-refractivity contribution in [1.82, 2.24) is 0 Å². The number of carbonyl (C=O) groups is 2. The zero-order valence-electron chi connectivity index (χ0n) is 13.1. The zero-order valence-corrected chi connectivity index (χ0v) is 13.9. The molecule has 2 aromatic rings. The minimum atomic E-state index is -0.107. The summed E-state index contributed by atoms with van der Waals surface area (Å²) >= 11 is 1.66. The predicted molar refractivity (Wildman–Crippen MR) is 96.6 cm³/mol. The summed E-state index contributed by atoms with van der Waals surface area (Å²) < 4.78 is 0. The van der Waals surface area contributed by atoms with E-state index in [9.17, 15) is 9.59 Å². The number of allylic oxidation sites excluding steroid dienone is 3. The summed E-state index contributed by atoms with van der Waals surface area (Å²) in [6.45, 7) is 0. The topological polar surface area (TPSA) is 60.2 Å². The van der Waals surface area contributed by atoms with Crippen LogP contribution in [-0.2, 0) is 4.79 Å². The summed E-state index contributed by atoms with van der Waals surface area (Å²) in [5, 5.41) is 0. The second-order valence-electron chi connectivity index (χ2n) is 5.85. The van der Waals surface area contributed by atoms with Gasteiger partial charge in [0.25, 0.3) is 0 Å². The first-order valence-electron chi connectivity index (χ1n) is 7.67. The summed E-state index contributed by atoms with van der Waals surface area (Å²) in [5.74, 6) is -0.182. The minimum Gasteiger partial charge on any atom is -0.398 e. The van der Waals surface area contributed by atoms with Gasteiger partial charge in [-0.05, 0) is 29.5 Å². The third kappa shape index (κ3) is 2.07. The predicted octanol–water partition coefficient (Wildman–Crippen LogP) is 3.70. The van der Waals surface area contributed by atoms with E-state index in [1.807, 2.05) is 42.7 Å². The number of hydrogen-bond donors (Lipinski definition) is 1. The van der Waals surface area contributed by atoms with Crippen LogP contribution >= 0.6 is 11.8 Å². The molecule has 0 amide bonds. The highest BCUT2D eigenvalue weighted by molar-refractivity contribution is 7.98. The lowest BCUT2D eigenvalue weighted by Gasteiger charge is -2.19. The molecule has 118 valence electrons. The highest BCUT2D eigenvalue weighted by atomic mass is 32.2. The lowest BCUT2D eigenvalue weighted by atomic mass is 9.84. The standard InChI is InChI=1S/C20H15NO2S/c1-24-12-8-6-11(7-9-12)15-10-16(22)18-17(15)20(23)14-5-3-2-4-13(14)19(18)21/h2-9H,10,21H2,1H3. The van der Waals surface area contributed by atoms with Crippen LogP contribution in [0.3, 0.4) is 0 Å². The summed E-state index contributed by atoms with van der Waals surface area (Å²) in [6, 6.07) is 15.2. The third-order valence-corrected chi connectivity index (χ3v) is 5.31. The molecule has 0 saturated heterocycles. The van der Waals surface area contributed by atoms with Crippen LogP contribution in [0.15, 0.2) is 64.6 Å². The number of Topliss-reactive ketones (excluding diaryl/α,β-unsaturated/α-hetero) is 2. The Kier molecular flexibility index (Phi) is 3.43. The number of hydrogen-bond acceptors (Lipinski definition) is 4. The van der Waals surface area contributed by atoms with Gasteiger partial charge in [-0.1, -0.05) is 36.4 Å². The van der Waals surface area contributed by atoms with Gasteiger partial charge >= 0.3 is 0 Å². The quantitative estimate of drug-likeness (QED) is 0.851. The van der Waals surface area contributed by atoms with Crippen molar-refractivity contribution < 1.29 is 9.59 Å². The molecule has 0 atom stereocenters. The van der Waals surface area contributed by atoms with E-state index in [4.69, 9.17) is 5.73 Å². The molecule has 2 N–H and O–H groups in total. The van der Waals surface area contributed by atoms with Crippen molar-refractivity contribution in [3.63, 3.8) is 0 Å². The van der Waals surface area contributed by atoms with Crippen LogP contribution < -0.4 is 5.73 Å². The number of benzene rings is 2. The molecule has 3 nitrogen and oxygen atoms in total. The van der Waals surface area contributed by atoms with E-state index in [1.165, 1.54) is 0 Å². The highest BCUT2D eigenvalue weighted by Gasteiger charge is 2.39. The van der Waals surface area contributed by atoms with Crippen LogP contribution in [0, 0.1) is 0 Å². The minimum absolute atomic E-state index is 0.0747. The first-order chi connectivity index (χ1) is 11.6. The molecule has 0 unspecified atom stereocenters. The molecule has 0 heterocycles. The average Bonchev–Trinajstić information content (AvgIpc) is 2.97. The maximum Gasteiger partial charge on any atom is 0.194 e. The van der Waals surface area contributed by atoms with Crippen molar-refractivity contribution in [2.45, 2.75) is 11.3 Å². The van der Waals surface area contributed by atoms with Crippen LogP contribution in [0.5, 0.6) is 0 Å². The van der Waals surface area contributed by atoms with Gasteiger partial charge in [-0.2, -0.15) is 0 Å². The van der Waals surface area contributed by atoms with E-state index in [0.29, 0.717) is 28.0 Å². The maximum atomic E-state index is 13.0. The van der Waals surface area contributed by atoms with Crippen molar-refractivity contribution >= 4 is 34.6 Å². The largest absolute Gasteiger partial charge is 0.398 e. The summed E-state index contributed by atoms with van der Waals surface area (Å²) in [5.41, 5.74) is 10.5. The SMILES string of the molecule is CSc1ccc(C2=C3C(=O)c4ccccc4C(N)=C3C(=O)C2)cc1. The van der Waals surface area contributed by atoms with Crippen molar-refractivity contribution in [2.75, 3.05) is 6.26 Å². The molecule has 0 fully saturated rings. The molecule has 0 spiro atoms. The molecule has 2 aliphatic carbocycles. The molecule has 4 rings (SSSR count). The van der Waals surface area contributed by atoms with Crippen molar-refractivity contribution in [3.8, 4) is 0 Å². The molecule has 2 aromatic carbocycles. The fourth-order valence-electron chi connectivity index (χ4n) is 3.39. The van der Waals surface area contributed by atoms with Gasteiger partial charge in [0.15, 0.2) is 11.6 Å². The molecule has 0 aliphatic heterocycles. The molecular weight excluding hydrogens is 318 g/mol. The van der Waals surface area contributed by atoms with Gasteiger partial charge < -0.3 is 5.73 Å². The van der Waals surface area contributed by atoms with Crippen molar-refractivity contribution in [3.05, 3.63) is 76.4 Å². The Labute approximate surface area is 144 Å². The van der Waals surface area contributed by atoms with E-state index in [0.717, 1.165) is 16.0 Å². The highest BCUT2D eigenvalue weighted by Crippen LogP contribution is 2.43. The molecule has 0 radical (unpaired) electrons. The van der Waals surface area contributed by atoms with Crippen LogP contribution in [-0.4, -0.2) is 17.8 Å². The van der Waals surface area contributed by atoms with Gasteiger partial charge in [-0.25, -0.2) is 0 Å². The van der Waals surface area contributed by atoms with Gasteiger partial charge in [0.05, 0.1) is 11.3 Å². The number of nitrogens with two attached hydrogens (primary N) is 1. The van der Waals surface area contributed by atoms with Gasteiger partial charge in [0, 0.05) is 28.0 Å². The Hall–Kier alpha value is -2.59. The van der Waals surface area contributed by atoms with Crippen LogP contribution in [0.4, 0.5) is 0 Å². The number of rotatable bonds is 2. The lowest BCUT2D eigenvalue weighted by Crippen LogP contribution is -2.20. The van der Waals surface area contributed by atoms with E-state index in [1.54, 1.807) is 23.9 Å². The Morgan fingerprint density at radius 3 is 2.25 bits per heavy atom. The van der Waals surface area contributed by atoms with E-state index in [2.05, 4.69) is 0 Å². The summed E-state index contributed by atoms with van der Waals surface area (Å²) in [7, 11) is 0. The molecular formula is C20H15NO2S. The average molecular weight is 333 g/mol. The van der Waals surface area contributed by atoms with E-state index in [-0.39, 0.29) is 18.0 Å². The first kappa shape index (κ1) is 15.0. The van der Waals surface area contributed by atoms with Crippen molar-refractivity contribution in [1.29, 1.82) is 0 Å². The Balaban J connectivity index is 1.95. The van der Waals surface area contributed by atoms with Crippen LogP contribution in [0.2, 0.25) is 0 Å². The molecule has 0 bridgehead atoms. The lowest BCUT2D eigenvalue weighted by molar-refractivity contribution is -0.114. The number of thioether (sulfide) groups is 1. The summed E-state index contributed by atoms with van der Waals surface area (Å²) in [6.07, 6.45) is 2.24. The third-order valence-electron chi connectivity index (χ3n) is 4.56. The molecule has 2 aliphatic rings. The number of fused-ring (bicyclic) bond motifs is 2. The van der Waals surface area contributed by atoms with Gasteiger partial charge in [-0.15, -0.1) is 11.8 Å². The number of carbonyl (C=O) groups excluding carboxylic acids is 2. The molecule has 0 saturated carbocycles. The summed E-state index contributed by atoms with van der Waals surface area (Å²) in [4.78, 5) is 26.7. The second-order valence-corrected chi connectivity index (χ2v) is 6.73. The van der Waals surface area contributed by atoms with Crippen LogP contribution in [0.25, 0.3) is 11.3 Å². The Morgan fingerprint density at radius 2 is 1.58 bits per heavy atom. The first-order valence-corrected chi connectivity index (χ1v) is 8.89. The molecule has 24 heavy (non-hydrogen) atoms. The fourth-order valence-corrected chi connectivity index (χ4v) is 3.80. The smallest absolute Gasteiger partial charge is 0.194 e. The Bertz CT molecular complexity index is 952. The zero-order chi connectivity index (χ0) is 16.8. The number of ketones is 2. The molecule has 4 heteroatoms. The fraction of sp³-hybridized carbons (Fsp3) is 0.100. The van der Waals surface area contributed by atoms with Crippen molar-refractivity contribution in [2.24, 2.45) is 5.73 Å². The van der Waals surface area contributed by atoms with Gasteiger partial charge in [0.2, 0.25) is 0 Å². The normalized spacial score (nSPS) is 16.5. The van der Waals surface area contributed by atoms with E-state index < -0.39 is 0 Å². The maximum absolute atomic E-state index is 13.0. The Morgan fingerprint density at radius 1 is 0.917 bits per heavy atom. The van der Waals surface area contributed by atoms with Gasteiger partial charge in [-0.3, -0.25) is 9.59 Å². The monoisotopic (exact) mass is 333 g/mol. The van der Waals surface area contributed by atoms with Gasteiger partial charge in [0.1, 0.15) is 0 Å². The van der Waals surface area contributed by atoms with Crippen LogP contribution in [0.1, 0.15) is 27.9 Å². The molecule has 0 aromatic heterocycles. The second kappa shape index (κ2) is 5.49. The van der Waals surface area contributed by atoms with E-state index >= 15 is 0 Å².